The van der Waals surface area contributed by atoms with Gasteiger partial charge in [0.25, 0.3) is 5.91 Å². The number of nitrogens with zero attached hydrogens (tertiary/aromatic N) is 3. The van der Waals surface area contributed by atoms with Crippen molar-refractivity contribution in [3.05, 3.63) is 30.1 Å². The van der Waals surface area contributed by atoms with Crippen molar-refractivity contribution in [2.45, 2.75) is 31.7 Å². The second-order valence-corrected chi connectivity index (χ2v) is 7.31. The Kier molecular flexibility index (Phi) is 4.07. The first-order chi connectivity index (χ1) is 11.3. The molecule has 1 amide bonds. The molecule has 4 rings (SSSR count). The van der Waals surface area contributed by atoms with Gasteiger partial charge in [0.15, 0.2) is 0 Å². The van der Waals surface area contributed by atoms with Crippen LogP contribution in [-0.4, -0.2) is 66.1 Å². The average Bonchev–Trinajstić information content (AvgIpc) is 3.25. The molecule has 0 aliphatic carbocycles. The van der Waals surface area contributed by atoms with Crippen LogP contribution in [0.2, 0.25) is 0 Å². The molecule has 0 saturated carbocycles. The molecule has 5 heteroatoms. The molecular weight excluding hydrogens is 290 g/mol. The predicted molar refractivity (Wildman–Crippen MR) is 87.2 cm³/mol. The summed E-state index contributed by atoms with van der Waals surface area (Å²) in [6.07, 6.45) is 8.12. The van der Waals surface area contributed by atoms with Gasteiger partial charge in [0.05, 0.1) is 12.2 Å². The van der Waals surface area contributed by atoms with Gasteiger partial charge in [-0.3, -0.25) is 14.7 Å². The molecule has 3 aliphatic rings. The van der Waals surface area contributed by atoms with Crippen molar-refractivity contribution in [3.8, 4) is 0 Å². The van der Waals surface area contributed by atoms with Crippen molar-refractivity contribution in [2.24, 2.45) is 5.41 Å². The van der Waals surface area contributed by atoms with Crippen LogP contribution in [0.1, 0.15) is 36.0 Å². The summed E-state index contributed by atoms with van der Waals surface area (Å²) < 4.78 is 5.55. The van der Waals surface area contributed by atoms with Gasteiger partial charge in [-0.1, -0.05) is 0 Å². The lowest BCUT2D eigenvalue weighted by molar-refractivity contribution is 0.0510. The molecule has 3 aliphatic heterocycles. The van der Waals surface area contributed by atoms with Crippen LogP contribution in [0.15, 0.2) is 24.5 Å². The first-order valence-electron chi connectivity index (χ1n) is 8.77. The maximum atomic E-state index is 12.7. The van der Waals surface area contributed by atoms with E-state index in [1.54, 1.807) is 12.4 Å². The lowest BCUT2D eigenvalue weighted by Crippen LogP contribution is -2.48. The Balaban J connectivity index is 1.44. The minimum atomic E-state index is 0.139. The summed E-state index contributed by atoms with van der Waals surface area (Å²) in [5.74, 6) is 0.139. The monoisotopic (exact) mass is 315 g/mol. The number of carbonyl (C=O) groups is 1. The highest BCUT2D eigenvalue weighted by molar-refractivity contribution is 5.94. The lowest BCUT2D eigenvalue weighted by Gasteiger charge is -2.41. The van der Waals surface area contributed by atoms with Crippen LogP contribution in [0, 0.1) is 5.41 Å². The number of hydrogen-bond donors (Lipinski definition) is 0. The summed E-state index contributed by atoms with van der Waals surface area (Å²) >= 11 is 0. The van der Waals surface area contributed by atoms with Gasteiger partial charge in [-0.2, -0.15) is 0 Å². The molecular formula is C18H25N3O2. The van der Waals surface area contributed by atoms with E-state index in [4.69, 9.17) is 4.74 Å². The second kappa shape index (κ2) is 6.21. The van der Waals surface area contributed by atoms with Crippen molar-refractivity contribution in [1.82, 2.24) is 14.8 Å². The van der Waals surface area contributed by atoms with Crippen molar-refractivity contribution in [2.75, 3.05) is 39.4 Å². The van der Waals surface area contributed by atoms with Crippen LogP contribution in [-0.2, 0) is 4.74 Å². The SMILES string of the molecule is O=C(c1cccnc1)N1CCC[C@@]2(CCN([C@@H]3CCOC3)C2)C1. The Morgan fingerprint density at radius 1 is 1.30 bits per heavy atom. The minimum absolute atomic E-state index is 0.139. The van der Waals surface area contributed by atoms with Crippen molar-refractivity contribution < 1.29 is 9.53 Å². The van der Waals surface area contributed by atoms with E-state index in [2.05, 4.69) is 14.8 Å². The van der Waals surface area contributed by atoms with Crippen LogP contribution in [0.25, 0.3) is 0 Å². The van der Waals surface area contributed by atoms with Crippen molar-refractivity contribution >= 4 is 5.91 Å². The number of ether oxygens (including phenoxy) is 1. The van der Waals surface area contributed by atoms with E-state index in [0.29, 0.717) is 17.0 Å². The van der Waals surface area contributed by atoms with Crippen LogP contribution in [0.3, 0.4) is 0 Å². The molecule has 5 nitrogen and oxygen atoms in total. The quantitative estimate of drug-likeness (QED) is 0.835. The Labute approximate surface area is 137 Å². The van der Waals surface area contributed by atoms with E-state index in [1.807, 2.05) is 12.1 Å². The third kappa shape index (κ3) is 3.00. The van der Waals surface area contributed by atoms with E-state index in [9.17, 15) is 4.79 Å². The number of rotatable bonds is 2. The fraction of sp³-hybridized carbons (Fsp3) is 0.667. The summed E-state index contributed by atoms with van der Waals surface area (Å²) in [7, 11) is 0. The minimum Gasteiger partial charge on any atom is -0.380 e. The molecule has 3 saturated heterocycles. The van der Waals surface area contributed by atoms with Gasteiger partial charge < -0.3 is 9.64 Å². The molecule has 0 N–H and O–H groups in total. The zero-order valence-corrected chi connectivity index (χ0v) is 13.6. The molecule has 1 aromatic heterocycles. The lowest BCUT2D eigenvalue weighted by atomic mass is 9.79. The highest BCUT2D eigenvalue weighted by atomic mass is 16.5. The van der Waals surface area contributed by atoms with Crippen LogP contribution in [0.4, 0.5) is 0 Å². The van der Waals surface area contributed by atoms with E-state index < -0.39 is 0 Å². The van der Waals surface area contributed by atoms with Crippen molar-refractivity contribution in [1.29, 1.82) is 0 Å². The van der Waals surface area contributed by atoms with E-state index in [0.717, 1.165) is 52.2 Å². The first-order valence-corrected chi connectivity index (χ1v) is 8.77. The fourth-order valence-corrected chi connectivity index (χ4v) is 4.48. The number of amides is 1. The van der Waals surface area contributed by atoms with Crippen LogP contribution < -0.4 is 0 Å². The summed E-state index contributed by atoms with van der Waals surface area (Å²) in [6, 6.07) is 4.30. The number of hydrogen-bond acceptors (Lipinski definition) is 4. The molecule has 1 aromatic rings. The highest BCUT2D eigenvalue weighted by Crippen LogP contribution is 2.40. The average molecular weight is 315 g/mol. The van der Waals surface area contributed by atoms with Gasteiger partial charge in [0.1, 0.15) is 0 Å². The molecule has 3 fully saturated rings. The first kappa shape index (κ1) is 15.1. The van der Waals surface area contributed by atoms with Gasteiger partial charge in [0, 0.05) is 50.1 Å². The zero-order chi connectivity index (χ0) is 15.7. The van der Waals surface area contributed by atoms with E-state index in [-0.39, 0.29) is 5.91 Å². The number of piperidine rings is 1. The van der Waals surface area contributed by atoms with Gasteiger partial charge in [0.2, 0.25) is 0 Å². The molecule has 124 valence electrons. The Morgan fingerprint density at radius 2 is 2.26 bits per heavy atom. The topological polar surface area (TPSA) is 45.7 Å². The molecule has 4 heterocycles. The maximum Gasteiger partial charge on any atom is 0.255 e. The molecule has 0 unspecified atom stereocenters. The summed E-state index contributed by atoms with van der Waals surface area (Å²) in [5, 5.41) is 0. The molecule has 0 radical (unpaired) electrons. The van der Waals surface area contributed by atoms with Crippen LogP contribution >= 0.6 is 0 Å². The Morgan fingerprint density at radius 3 is 3.04 bits per heavy atom. The number of pyridine rings is 1. The van der Waals surface area contributed by atoms with Crippen molar-refractivity contribution in [3.63, 3.8) is 0 Å². The third-order valence-electron chi connectivity index (χ3n) is 5.75. The van der Waals surface area contributed by atoms with E-state index >= 15 is 0 Å². The predicted octanol–water partition coefficient (Wildman–Crippen LogP) is 1.80. The maximum absolute atomic E-state index is 12.7. The zero-order valence-electron chi connectivity index (χ0n) is 13.6. The highest BCUT2D eigenvalue weighted by Gasteiger charge is 2.44. The van der Waals surface area contributed by atoms with Gasteiger partial charge in [-0.25, -0.2) is 0 Å². The molecule has 2 atom stereocenters. The van der Waals surface area contributed by atoms with E-state index in [1.165, 1.54) is 12.8 Å². The standard InChI is InChI=1S/C18H25N3O2/c22-17(15-3-1-7-19-11-15)21-8-2-5-18(14-21)6-9-20(13-18)16-4-10-23-12-16/h1,3,7,11,16H,2,4-6,8-10,12-14H2/t16-,18+/m1/s1. The molecule has 0 bridgehead atoms. The number of likely N-dealkylation sites (tertiary alicyclic amines) is 2. The third-order valence-corrected chi connectivity index (χ3v) is 5.75. The Hall–Kier alpha value is -1.46. The molecule has 0 aromatic carbocycles. The summed E-state index contributed by atoms with van der Waals surface area (Å²) in [6.45, 7) is 5.84. The number of carbonyl (C=O) groups excluding carboxylic acids is 1. The van der Waals surface area contributed by atoms with Gasteiger partial charge >= 0.3 is 0 Å². The molecule has 23 heavy (non-hydrogen) atoms. The smallest absolute Gasteiger partial charge is 0.255 e. The molecule has 1 spiro atoms. The fourth-order valence-electron chi connectivity index (χ4n) is 4.48. The normalized spacial score (nSPS) is 31.8. The van der Waals surface area contributed by atoms with Gasteiger partial charge in [-0.15, -0.1) is 0 Å². The Bertz CT molecular complexity index is 559. The number of aromatic nitrogens is 1. The van der Waals surface area contributed by atoms with Gasteiger partial charge in [-0.05, 0) is 44.4 Å². The second-order valence-electron chi connectivity index (χ2n) is 7.31. The largest absolute Gasteiger partial charge is 0.380 e. The van der Waals surface area contributed by atoms with Crippen LogP contribution in [0.5, 0.6) is 0 Å². The summed E-state index contributed by atoms with van der Waals surface area (Å²) in [4.78, 5) is 21.5. The summed E-state index contributed by atoms with van der Waals surface area (Å²) in [5.41, 5.74) is 1.00.